The zero-order valence-electron chi connectivity index (χ0n) is 9.59. The summed E-state index contributed by atoms with van der Waals surface area (Å²) in [6.45, 7) is 9.86. The minimum absolute atomic E-state index is 1.14. The number of benzene rings is 1. The maximum absolute atomic E-state index is 2.48. The average molecular weight is 191 g/mol. The molecule has 1 fully saturated rings. The third kappa shape index (κ3) is 3.15. The molecule has 0 aromatic heterocycles. The molecule has 2 rings (SSSR count). The summed E-state index contributed by atoms with van der Waals surface area (Å²) in [7, 11) is 0. The number of hydrogen-bond donors (Lipinski definition) is 0. The van der Waals surface area contributed by atoms with Crippen LogP contribution < -0.4 is 0 Å². The molecule has 0 bridgehead atoms. The van der Waals surface area contributed by atoms with E-state index in [1.165, 1.54) is 30.6 Å². The molecule has 0 atom stereocenters. The van der Waals surface area contributed by atoms with Gasteiger partial charge in [0.05, 0.1) is 0 Å². The zero-order chi connectivity index (χ0) is 10.4. The van der Waals surface area contributed by atoms with E-state index in [4.69, 9.17) is 0 Å². The predicted molar refractivity (Wildman–Crippen MR) is 62.4 cm³/mol. The summed E-state index contributed by atoms with van der Waals surface area (Å²) < 4.78 is 0. The van der Waals surface area contributed by atoms with Gasteiger partial charge in [0.1, 0.15) is 0 Å². The molecule has 1 aromatic rings. The van der Waals surface area contributed by atoms with Crippen molar-refractivity contribution >= 4 is 0 Å². The summed E-state index contributed by atoms with van der Waals surface area (Å²) in [5.74, 6) is 0. The van der Waals surface area contributed by atoms with Crippen LogP contribution in [0.25, 0.3) is 0 Å². The van der Waals surface area contributed by atoms with Crippen LogP contribution >= 0.6 is 0 Å². The van der Waals surface area contributed by atoms with Crippen LogP contribution in [0.5, 0.6) is 0 Å². The van der Waals surface area contributed by atoms with Crippen LogP contribution in [0.1, 0.15) is 31.4 Å². The number of rotatable bonds is 2. The van der Waals surface area contributed by atoms with Gasteiger partial charge < -0.3 is 0 Å². The van der Waals surface area contributed by atoms with E-state index in [1.54, 1.807) is 0 Å². The second-order valence-corrected chi connectivity index (χ2v) is 3.62. The Morgan fingerprint density at radius 2 is 1.93 bits per heavy atom. The summed E-state index contributed by atoms with van der Waals surface area (Å²) in [4.78, 5) is 2.48. The largest absolute Gasteiger partial charge is 0.299 e. The Hall–Kier alpha value is -0.820. The first-order valence-corrected chi connectivity index (χ1v) is 5.62. The fourth-order valence-electron chi connectivity index (χ4n) is 1.61. The normalized spacial score (nSPS) is 15.4. The molecule has 0 unspecified atom stereocenters. The molecular formula is C13H21N. The van der Waals surface area contributed by atoms with Crippen LogP contribution in [0.2, 0.25) is 0 Å². The van der Waals surface area contributed by atoms with Crippen molar-refractivity contribution in [1.29, 1.82) is 0 Å². The summed E-state index contributed by atoms with van der Waals surface area (Å²) in [5, 5.41) is 0. The average Bonchev–Trinajstić information content (AvgIpc) is 2.15. The highest BCUT2D eigenvalue weighted by molar-refractivity contribution is 5.22. The summed E-state index contributed by atoms with van der Waals surface area (Å²) >= 11 is 0. The van der Waals surface area contributed by atoms with Gasteiger partial charge in [-0.05, 0) is 32.0 Å². The minimum Gasteiger partial charge on any atom is -0.299 e. The van der Waals surface area contributed by atoms with E-state index in [1.807, 2.05) is 13.8 Å². The van der Waals surface area contributed by atoms with Crippen LogP contribution in [0.4, 0.5) is 0 Å². The number of hydrogen-bond acceptors (Lipinski definition) is 1. The van der Waals surface area contributed by atoms with Crippen LogP contribution in [0.15, 0.2) is 24.3 Å². The highest BCUT2D eigenvalue weighted by atomic mass is 15.2. The van der Waals surface area contributed by atoms with Gasteiger partial charge in [-0.1, -0.05) is 43.7 Å². The van der Waals surface area contributed by atoms with Gasteiger partial charge in [0, 0.05) is 6.54 Å². The molecule has 0 aliphatic carbocycles. The SMILES string of the molecule is CC.Cc1cccc(CN2CCC2)c1. The van der Waals surface area contributed by atoms with Crippen molar-refractivity contribution < 1.29 is 0 Å². The van der Waals surface area contributed by atoms with Crippen molar-refractivity contribution in [3.05, 3.63) is 35.4 Å². The molecular weight excluding hydrogens is 170 g/mol. The monoisotopic (exact) mass is 191 g/mol. The topological polar surface area (TPSA) is 3.24 Å². The maximum Gasteiger partial charge on any atom is 0.0233 e. The van der Waals surface area contributed by atoms with Gasteiger partial charge in [0.15, 0.2) is 0 Å². The van der Waals surface area contributed by atoms with Crippen LogP contribution in [0.3, 0.4) is 0 Å². The van der Waals surface area contributed by atoms with Crippen molar-refractivity contribution in [2.45, 2.75) is 33.7 Å². The molecule has 1 aromatic carbocycles. The van der Waals surface area contributed by atoms with Crippen molar-refractivity contribution in [3.63, 3.8) is 0 Å². The first-order chi connectivity index (χ1) is 6.84. The van der Waals surface area contributed by atoms with E-state index in [0.717, 1.165) is 6.54 Å². The molecule has 1 saturated heterocycles. The Morgan fingerprint density at radius 3 is 2.43 bits per heavy atom. The van der Waals surface area contributed by atoms with Crippen molar-refractivity contribution in [3.8, 4) is 0 Å². The molecule has 1 aliphatic heterocycles. The van der Waals surface area contributed by atoms with E-state index in [-0.39, 0.29) is 0 Å². The summed E-state index contributed by atoms with van der Waals surface area (Å²) in [5.41, 5.74) is 2.82. The van der Waals surface area contributed by atoms with Crippen LogP contribution in [0, 0.1) is 6.92 Å². The Morgan fingerprint density at radius 1 is 1.21 bits per heavy atom. The Labute approximate surface area is 87.7 Å². The second kappa shape index (κ2) is 5.82. The molecule has 78 valence electrons. The molecule has 1 aliphatic rings. The van der Waals surface area contributed by atoms with Gasteiger partial charge in [-0.25, -0.2) is 0 Å². The predicted octanol–water partition coefficient (Wildman–Crippen LogP) is 3.23. The van der Waals surface area contributed by atoms with E-state index >= 15 is 0 Å². The highest BCUT2D eigenvalue weighted by Gasteiger charge is 2.13. The third-order valence-corrected chi connectivity index (χ3v) is 2.44. The molecule has 0 amide bonds. The molecule has 0 spiro atoms. The van der Waals surface area contributed by atoms with Crippen molar-refractivity contribution in [1.82, 2.24) is 4.90 Å². The van der Waals surface area contributed by atoms with Crippen LogP contribution in [-0.4, -0.2) is 18.0 Å². The number of aryl methyl sites for hydroxylation is 1. The van der Waals surface area contributed by atoms with E-state index < -0.39 is 0 Å². The molecule has 14 heavy (non-hydrogen) atoms. The lowest BCUT2D eigenvalue weighted by Crippen LogP contribution is -2.36. The fraction of sp³-hybridized carbons (Fsp3) is 0.538. The Balaban J connectivity index is 0.000000461. The number of nitrogens with zero attached hydrogens (tertiary/aromatic N) is 1. The molecule has 0 radical (unpaired) electrons. The lowest BCUT2D eigenvalue weighted by Gasteiger charge is -2.30. The maximum atomic E-state index is 2.48. The zero-order valence-corrected chi connectivity index (χ0v) is 9.59. The third-order valence-electron chi connectivity index (χ3n) is 2.44. The van der Waals surface area contributed by atoms with E-state index in [0.29, 0.717) is 0 Å². The summed E-state index contributed by atoms with van der Waals surface area (Å²) in [6.07, 6.45) is 1.38. The standard InChI is InChI=1S/C11H15N.C2H6/c1-10-4-2-5-11(8-10)9-12-6-3-7-12;1-2/h2,4-5,8H,3,6-7,9H2,1H3;1-2H3. The Bertz CT molecular complexity index is 264. The lowest BCUT2D eigenvalue weighted by molar-refractivity contribution is 0.172. The van der Waals surface area contributed by atoms with E-state index in [2.05, 4.69) is 36.1 Å². The van der Waals surface area contributed by atoms with Gasteiger partial charge >= 0.3 is 0 Å². The molecule has 1 heterocycles. The van der Waals surface area contributed by atoms with Gasteiger partial charge in [0.25, 0.3) is 0 Å². The first kappa shape index (κ1) is 11.3. The quantitative estimate of drug-likeness (QED) is 0.693. The molecule has 1 heteroatoms. The van der Waals surface area contributed by atoms with Crippen molar-refractivity contribution in [2.75, 3.05) is 13.1 Å². The van der Waals surface area contributed by atoms with Gasteiger partial charge in [-0.2, -0.15) is 0 Å². The molecule has 1 nitrogen and oxygen atoms in total. The number of likely N-dealkylation sites (tertiary alicyclic amines) is 1. The first-order valence-electron chi connectivity index (χ1n) is 5.62. The van der Waals surface area contributed by atoms with E-state index in [9.17, 15) is 0 Å². The Kier molecular flexibility index (Phi) is 4.68. The smallest absolute Gasteiger partial charge is 0.0233 e. The van der Waals surface area contributed by atoms with Crippen molar-refractivity contribution in [2.24, 2.45) is 0 Å². The minimum atomic E-state index is 1.14. The van der Waals surface area contributed by atoms with Crippen LogP contribution in [-0.2, 0) is 6.54 Å². The summed E-state index contributed by atoms with van der Waals surface area (Å²) in [6, 6.07) is 8.79. The molecule has 0 N–H and O–H groups in total. The highest BCUT2D eigenvalue weighted by Crippen LogP contribution is 2.12. The van der Waals surface area contributed by atoms with Gasteiger partial charge in [-0.3, -0.25) is 4.90 Å². The van der Waals surface area contributed by atoms with Gasteiger partial charge in [0.2, 0.25) is 0 Å². The second-order valence-electron chi connectivity index (χ2n) is 3.62. The lowest BCUT2D eigenvalue weighted by atomic mass is 10.1. The fourth-order valence-corrected chi connectivity index (χ4v) is 1.61. The van der Waals surface area contributed by atoms with Gasteiger partial charge in [-0.15, -0.1) is 0 Å². The molecule has 0 saturated carbocycles.